The molecule has 1 amide bonds. The van der Waals surface area contributed by atoms with Crippen molar-refractivity contribution in [2.24, 2.45) is 0 Å². The molecule has 0 bridgehead atoms. The van der Waals surface area contributed by atoms with E-state index in [9.17, 15) is 4.79 Å². The van der Waals surface area contributed by atoms with Gasteiger partial charge in [0.1, 0.15) is 18.5 Å². The number of nitrogens with zero attached hydrogens (tertiary/aromatic N) is 3. The molecule has 2 fully saturated rings. The summed E-state index contributed by atoms with van der Waals surface area (Å²) >= 11 is 0. The van der Waals surface area contributed by atoms with Crippen LogP contribution in [-0.2, 0) is 0 Å². The summed E-state index contributed by atoms with van der Waals surface area (Å²) < 4.78 is 17.3. The number of methoxy groups -OCH3 is 1. The average molecular weight is 352 g/mol. The van der Waals surface area contributed by atoms with Gasteiger partial charge in [0.2, 0.25) is 5.75 Å². The minimum Gasteiger partial charge on any atom is -0.487 e. The second-order valence-electron chi connectivity index (χ2n) is 6.17. The maximum atomic E-state index is 11.0. The molecule has 0 radical (unpaired) electrons. The number of rotatable bonds is 5. The molecule has 9 nitrogen and oxygen atoms in total. The summed E-state index contributed by atoms with van der Waals surface area (Å²) in [6, 6.07) is 0. The van der Waals surface area contributed by atoms with Crippen LogP contribution in [0.4, 0.5) is 4.79 Å². The minimum absolute atomic E-state index is 0.0942. The van der Waals surface area contributed by atoms with Crippen molar-refractivity contribution in [3.05, 3.63) is 6.33 Å². The van der Waals surface area contributed by atoms with Crippen LogP contribution in [0.2, 0.25) is 0 Å². The van der Waals surface area contributed by atoms with E-state index in [-0.39, 0.29) is 12.2 Å². The van der Waals surface area contributed by atoms with E-state index in [1.165, 1.54) is 18.3 Å². The molecule has 2 aliphatic heterocycles. The molecule has 3 rings (SSSR count). The highest BCUT2D eigenvalue weighted by Crippen LogP contribution is 2.35. The Bertz CT molecular complexity index is 586. The van der Waals surface area contributed by atoms with Crippen molar-refractivity contribution in [3.8, 4) is 17.5 Å². The third-order valence-corrected chi connectivity index (χ3v) is 4.50. The molecule has 0 aromatic carbocycles. The molecule has 1 aromatic heterocycles. The molecule has 3 heterocycles. The maximum Gasteiger partial charge on any atom is 0.407 e. The van der Waals surface area contributed by atoms with Gasteiger partial charge in [-0.15, -0.1) is 0 Å². The second kappa shape index (κ2) is 8.19. The van der Waals surface area contributed by atoms with Crippen molar-refractivity contribution in [2.75, 3.05) is 33.3 Å². The third kappa shape index (κ3) is 4.41. The van der Waals surface area contributed by atoms with Crippen LogP contribution in [-0.4, -0.2) is 71.6 Å². The van der Waals surface area contributed by atoms with Crippen molar-refractivity contribution in [2.45, 2.75) is 37.9 Å². The number of amides is 1. The molecule has 0 unspecified atom stereocenters. The fourth-order valence-electron chi connectivity index (χ4n) is 3.08. The van der Waals surface area contributed by atoms with E-state index in [0.717, 1.165) is 25.9 Å². The lowest BCUT2D eigenvalue weighted by Crippen LogP contribution is -2.41. The van der Waals surface area contributed by atoms with Crippen molar-refractivity contribution in [3.63, 3.8) is 0 Å². The molecule has 0 aliphatic carbocycles. The summed E-state index contributed by atoms with van der Waals surface area (Å²) in [5.74, 6) is 1.12. The van der Waals surface area contributed by atoms with Crippen LogP contribution < -0.4 is 19.5 Å². The monoisotopic (exact) mass is 352 g/mol. The molecule has 0 atom stereocenters. The summed E-state index contributed by atoms with van der Waals surface area (Å²) in [4.78, 5) is 20.7. The Kier molecular flexibility index (Phi) is 5.75. The molecular formula is C16H24N4O5. The van der Waals surface area contributed by atoms with E-state index < -0.39 is 6.09 Å². The minimum atomic E-state index is -0.893. The van der Waals surface area contributed by atoms with Crippen LogP contribution in [0.3, 0.4) is 0 Å². The maximum absolute atomic E-state index is 11.0. The smallest absolute Gasteiger partial charge is 0.407 e. The Balaban J connectivity index is 1.65. The van der Waals surface area contributed by atoms with Crippen LogP contribution in [0.5, 0.6) is 17.5 Å². The van der Waals surface area contributed by atoms with Gasteiger partial charge in [-0.2, -0.15) is 9.97 Å². The predicted molar refractivity (Wildman–Crippen MR) is 88.4 cm³/mol. The van der Waals surface area contributed by atoms with Crippen molar-refractivity contribution in [1.82, 2.24) is 20.2 Å². The Morgan fingerprint density at radius 2 is 1.68 bits per heavy atom. The number of nitrogens with one attached hydrogen (secondary N) is 1. The topological polar surface area (TPSA) is 106 Å². The molecule has 138 valence electrons. The van der Waals surface area contributed by atoms with E-state index in [4.69, 9.17) is 19.3 Å². The first-order valence-electron chi connectivity index (χ1n) is 8.58. The number of carbonyl (C=O) groups is 1. The zero-order valence-corrected chi connectivity index (χ0v) is 14.3. The first-order chi connectivity index (χ1) is 12.2. The van der Waals surface area contributed by atoms with Gasteiger partial charge in [-0.05, 0) is 25.9 Å². The van der Waals surface area contributed by atoms with Gasteiger partial charge in [0.25, 0.3) is 11.8 Å². The van der Waals surface area contributed by atoms with E-state index in [2.05, 4.69) is 15.3 Å². The number of ether oxygens (including phenoxy) is 3. The largest absolute Gasteiger partial charge is 0.487 e. The van der Waals surface area contributed by atoms with Gasteiger partial charge in [0.15, 0.2) is 0 Å². The lowest BCUT2D eigenvalue weighted by atomic mass is 10.1. The Hall–Kier alpha value is -2.29. The number of hydrogen-bond donors (Lipinski definition) is 2. The molecule has 0 saturated carbocycles. The zero-order chi connectivity index (χ0) is 17.6. The zero-order valence-electron chi connectivity index (χ0n) is 14.3. The van der Waals surface area contributed by atoms with Crippen LogP contribution in [0.15, 0.2) is 6.33 Å². The summed E-state index contributed by atoms with van der Waals surface area (Å²) in [5.41, 5.74) is 0. The molecule has 0 spiro atoms. The molecular weight excluding hydrogens is 328 g/mol. The molecule has 9 heteroatoms. The van der Waals surface area contributed by atoms with E-state index in [0.29, 0.717) is 43.4 Å². The summed E-state index contributed by atoms with van der Waals surface area (Å²) in [6.45, 7) is 2.74. The molecule has 1 aromatic rings. The van der Waals surface area contributed by atoms with E-state index in [1.807, 2.05) is 0 Å². The highest BCUT2D eigenvalue weighted by molar-refractivity contribution is 5.65. The molecule has 2 saturated heterocycles. The lowest BCUT2D eigenvalue weighted by molar-refractivity contribution is 0.0837. The summed E-state index contributed by atoms with van der Waals surface area (Å²) in [6.07, 6.45) is 3.56. The molecule has 2 N–H and O–H groups in total. The first-order valence-corrected chi connectivity index (χ1v) is 8.58. The van der Waals surface area contributed by atoms with Gasteiger partial charge in [-0.1, -0.05) is 0 Å². The first kappa shape index (κ1) is 17.5. The highest BCUT2D eigenvalue weighted by atomic mass is 16.6. The van der Waals surface area contributed by atoms with Gasteiger partial charge in [-0.3, -0.25) is 0 Å². The van der Waals surface area contributed by atoms with Gasteiger partial charge >= 0.3 is 6.09 Å². The lowest BCUT2D eigenvalue weighted by Gasteiger charge is -2.30. The summed E-state index contributed by atoms with van der Waals surface area (Å²) in [7, 11) is 1.54. The van der Waals surface area contributed by atoms with E-state index >= 15 is 0 Å². The highest BCUT2D eigenvalue weighted by Gasteiger charge is 2.26. The van der Waals surface area contributed by atoms with Crippen LogP contribution in [0, 0.1) is 0 Å². The van der Waals surface area contributed by atoms with Gasteiger partial charge in [-0.25, -0.2) is 4.79 Å². The number of aromatic nitrogens is 2. The van der Waals surface area contributed by atoms with Crippen LogP contribution in [0.1, 0.15) is 25.7 Å². The van der Waals surface area contributed by atoms with Crippen molar-refractivity contribution in [1.29, 1.82) is 0 Å². The molecule has 2 aliphatic rings. The standard InChI is InChI=1S/C16H24N4O5/c1-23-13-14(24-11-2-6-17-7-3-11)18-10-19-15(13)25-12-4-8-20(9-5-12)16(21)22/h10-12,17H,2-9H2,1H3,(H,21,22). The average Bonchev–Trinajstić information content (AvgIpc) is 2.63. The van der Waals surface area contributed by atoms with Crippen molar-refractivity contribution >= 4 is 6.09 Å². The number of hydrogen-bond acceptors (Lipinski definition) is 7. The van der Waals surface area contributed by atoms with E-state index in [1.54, 1.807) is 0 Å². The number of likely N-dealkylation sites (tertiary alicyclic amines) is 1. The second-order valence-corrected chi connectivity index (χ2v) is 6.17. The Morgan fingerprint density at radius 1 is 1.12 bits per heavy atom. The Labute approximate surface area is 146 Å². The van der Waals surface area contributed by atoms with Gasteiger partial charge in [0.05, 0.1) is 7.11 Å². The SMILES string of the molecule is COc1c(OC2CCNCC2)ncnc1OC1CCN(C(=O)O)CC1. The van der Waals surface area contributed by atoms with Crippen molar-refractivity contribution < 1.29 is 24.1 Å². The predicted octanol–water partition coefficient (Wildman–Crippen LogP) is 1.14. The fourth-order valence-corrected chi connectivity index (χ4v) is 3.08. The third-order valence-electron chi connectivity index (χ3n) is 4.50. The Morgan fingerprint density at radius 3 is 2.20 bits per heavy atom. The summed E-state index contributed by atoms with van der Waals surface area (Å²) in [5, 5.41) is 12.3. The fraction of sp³-hybridized carbons (Fsp3) is 0.688. The quantitative estimate of drug-likeness (QED) is 0.812. The number of carboxylic acid groups (broad SMARTS) is 1. The van der Waals surface area contributed by atoms with Gasteiger partial charge in [0, 0.05) is 25.9 Å². The normalized spacial score (nSPS) is 19.5. The van der Waals surface area contributed by atoms with Crippen LogP contribution in [0.25, 0.3) is 0 Å². The number of piperidine rings is 2. The van der Waals surface area contributed by atoms with Gasteiger partial charge < -0.3 is 29.5 Å². The molecule has 25 heavy (non-hydrogen) atoms. The van der Waals surface area contributed by atoms with Crippen LogP contribution >= 0.6 is 0 Å².